The van der Waals surface area contributed by atoms with Crippen molar-refractivity contribution in [1.29, 1.82) is 0 Å². The van der Waals surface area contributed by atoms with E-state index in [2.05, 4.69) is 6.92 Å². The van der Waals surface area contributed by atoms with Crippen LogP contribution in [-0.4, -0.2) is 5.11 Å². The largest absolute Gasteiger partial charge is 0.460 e. The lowest BCUT2D eigenvalue weighted by atomic mass is 10.1. The van der Waals surface area contributed by atoms with Crippen LogP contribution in [-0.2, 0) is 4.74 Å². The highest BCUT2D eigenvalue weighted by molar-refractivity contribution is 5.66. The molecule has 2 nitrogen and oxygen atoms in total. The Morgan fingerprint density at radius 1 is 1.43 bits per heavy atom. The van der Waals surface area contributed by atoms with Crippen LogP contribution in [0.25, 0.3) is 5.76 Å². The molecule has 0 fully saturated rings. The molecule has 2 rings (SSSR count). The minimum atomic E-state index is -0.783. The van der Waals surface area contributed by atoms with E-state index in [0.717, 1.165) is 29.7 Å². The average Bonchev–Trinajstić information content (AvgIpc) is 2.54. The standard InChI is InChI=1S/C12H14O2/c1-2-3-8-11-9-6-4-5-7-10(9)12(13)14-11/h4-8,12-13H,2-3H2,1H3/b11-8-. The van der Waals surface area contributed by atoms with E-state index in [9.17, 15) is 5.11 Å². The van der Waals surface area contributed by atoms with Crippen LogP contribution in [0.2, 0.25) is 0 Å². The van der Waals surface area contributed by atoms with Gasteiger partial charge in [0, 0.05) is 11.1 Å². The summed E-state index contributed by atoms with van der Waals surface area (Å²) in [5, 5.41) is 9.59. The number of fused-ring (bicyclic) bond motifs is 1. The first-order chi connectivity index (χ1) is 6.83. The van der Waals surface area contributed by atoms with Gasteiger partial charge in [-0.3, -0.25) is 0 Å². The number of unbranched alkanes of at least 4 members (excludes halogenated alkanes) is 1. The number of hydrogen-bond acceptors (Lipinski definition) is 2. The van der Waals surface area contributed by atoms with E-state index >= 15 is 0 Å². The van der Waals surface area contributed by atoms with E-state index in [-0.39, 0.29) is 0 Å². The van der Waals surface area contributed by atoms with Crippen LogP contribution in [0.15, 0.2) is 30.3 Å². The van der Waals surface area contributed by atoms with Gasteiger partial charge in [0.15, 0.2) is 0 Å². The molecule has 74 valence electrons. The second-order valence-electron chi connectivity index (χ2n) is 3.41. The first-order valence-corrected chi connectivity index (χ1v) is 4.97. The minimum absolute atomic E-state index is 0.783. The summed E-state index contributed by atoms with van der Waals surface area (Å²) in [6.45, 7) is 2.12. The molecule has 14 heavy (non-hydrogen) atoms. The van der Waals surface area contributed by atoms with Crippen molar-refractivity contribution in [3.63, 3.8) is 0 Å². The summed E-state index contributed by atoms with van der Waals surface area (Å²) in [4.78, 5) is 0. The Morgan fingerprint density at radius 2 is 2.21 bits per heavy atom. The lowest BCUT2D eigenvalue weighted by Crippen LogP contribution is -1.91. The summed E-state index contributed by atoms with van der Waals surface area (Å²) in [5.41, 5.74) is 1.89. The van der Waals surface area contributed by atoms with E-state index in [0.29, 0.717) is 0 Å². The van der Waals surface area contributed by atoms with Crippen LogP contribution in [0.5, 0.6) is 0 Å². The number of allylic oxidation sites excluding steroid dienone is 1. The third kappa shape index (κ3) is 1.53. The average molecular weight is 190 g/mol. The third-order valence-corrected chi connectivity index (χ3v) is 2.35. The zero-order valence-electron chi connectivity index (χ0n) is 8.23. The van der Waals surface area contributed by atoms with Gasteiger partial charge in [-0.2, -0.15) is 0 Å². The van der Waals surface area contributed by atoms with Gasteiger partial charge in [0.05, 0.1) is 0 Å². The van der Waals surface area contributed by atoms with Gasteiger partial charge in [0.2, 0.25) is 6.29 Å². The summed E-state index contributed by atoms with van der Waals surface area (Å²) < 4.78 is 5.35. The molecular formula is C12H14O2. The van der Waals surface area contributed by atoms with Crippen molar-refractivity contribution < 1.29 is 9.84 Å². The maximum atomic E-state index is 9.59. The van der Waals surface area contributed by atoms with Crippen molar-refractivity contribution in [2.45, 2.75) is 26.1 Å². The predicted molar refractivity (Wildman–Crippen MR) is 55.4 cm³/mol. The number of rotatable bonds is 2. The van der Waals surface area contributed by atoms with Crippen molar-refractivity contribution in [1.82, 2.24) is 0 Å². The lowest BCUT2D eigenvalue weighted by molar-refractivity contribution is -0.0296. The number of ether oxygens (including phenoxy) is 1. The SMILES string of the molecule is CCC/C=C1\OC(O)c2ccccc21. The quantitative estimate of drug-likeness (QED) is 0.777. The Bertz CT molecular complexity index is 355. The number of hydrogen-bond donors (Lipinski definition) is 1. The van der Waals surface area contributed by atoms with Gasteiger partial charge >= 0.3 is 0 Å². The molecule has 0 amide bonds. The lowest BCUT2D eigenvalue weighted by Gasteiger charge is -2.02. The fourth-order valence-electron chi connectivity index (χ4n) is 1.62. The Morgan fingerprint density at radius 3 is 3.00 bits per heavy atom. The molecule has 1 aromatic carbocycles. The van der Waals surface area contributed by atoms with Crippen LogP contribution in [0.1, 0.15) is 37.2 Å². The minimum Gasteiger partial charge on any atom is -0.460 e. The highest BCUT2D eigenvalue weighted by atomic mass is 16.6. The van der Waals surface area contributed by atoms with Crippen molar-refractivity contribution in [2.75, 3.05) is 0 Å². The summed E-state index contributed by atoms with van der Waals surface area (Å²) in [6.07, 6.45) is 3.32. The van der Waals surface area contributed by atoms with Gasteiger partial charge in [-0.15, -0.1) is 0 Å². The zero-order valence-corrected chi connectivity index (χ0v) is 8.23. The molecule has 1 aromatic rings. The Labute approximate surface area is 83.8 Å². The second-order valence-corrected chi connectivity index (χ2v) is 3.41. The van der Waals surface area contributed by atoms with E-state index < -0.39 is 6.29 Å². The maximum absolute atomic E-state index is 9.59. The maximum Gasteiger partial charge on any atom is 0.225 e. The van der Waals surface area contributed by atoms with Crippen LogP contribution in [0.4, 0.5) is 0 Å². The van der Waals surface area contributed by atoms with Gasteiger partial charge in [-0.1, -0.05) is 37.6 Å². The fourth-order valence-corrected chi connectivity index (χ4v) is 1.62. The van der Waals surface area contributed by atoms with Crippen LogP contribution in [0, 0.1) is 0 Å². The van der Waals surface area contributed by atoms with Gasteiger partial charge in [-0.05, 0) is 12.5 Å². The second kappa shape index (κ2) is 3.84. The number of aliphatic hydroxyl groups is 1. The molecular weight excluding hydrogens is 176 g/mol. The van der Waals surface area contributed by atoms with E-state index in [4.69, 9.17) is 4.74 Å². The molecule has 1 unspecified atom stereocenters. The summed E-state index contributed by atoms with van der Waals surface area (Å²) in [7, 11) is 0. The van der Waals surface area contributed by atoms with Crippen LogP contribution < -0.4 is 0 Å². The number of aliphatic hydroxyl groups excluding tert-OH is 1. The molecule has 0 radical (unpaired) electrons. The highest BCUT2D eigenvalue weighted by Gasteiger charge is 2.24. The first-order valence-electron chi connectivity index (χ1n) is 4.97. The van der Waals surface area contributed by atoms with Gasteiger partial charge in [0.25, 0.3) is 0 Å². The molecule has 0 bridgehead atoms. The summed E-state index contributed by atoms with van der Waals surface area (Å²) in [5.74, 6) is 0.815. The molecule has 1 aliphatic rings. The smallest absolute Gasteiger partial charge is 0.225 e. The Balaban J connectivity index is 2.34. The highest BCUT2D eigenvalue weighted by Crippen LogP contribution is 2.36. The van der Waals surface area contributed by atoms with Gasteiger partial charge in [-0.25, -0.2) is 0 Å². The van der Waals surface area contributed by atoms with Gasteiger partial charge in [0.1, 0.15) is 5.76 Å². The summed E-state index contributed by atoms with van der Waals surface area (Å²) >= 11 is 0. The molecule has 2 heteroatoms. The van der Waals surface area contributed by atoms with Crippen molar-refractivity contribution >= 4 is 5.76 Å². The third-order valence-electron chi connectivity index (χ3n) is 2.35. The molecule has 0 saturated heterocycles. The van der Waals surface area contributed by atoms with Crippen LogP contribution >= 0.6 is 0 Å². The van der Waals surface area contributed by atoms with Crippen molar-refractivity contribution in [3.05, 3.63) is 41.5 Å². The molecule has 1 N–H and O–H groups in total. The normalized spacial score (nSPS) is 22.1. The van der Waals surface area contributed by atoms with Crippen LogP contribution in [0.3, 0.4) is 0 Å². The van der Waals surface area contributed by atoms with E-state index in [1.54, 1.807) is 0 Å². The van der Waals surface area contributed by atoms with Crippen molar-refractivity contribution in [2.24, 2.45) is 0 Å². The molecule has 1 aliphatic heterocycles. The Hall–Kier alpha value is -1.28. The molecule has 0 saturated carbocycles. The van der Waals surface area contributed by atoms with Gasteiger partial charge < -0.3 is 9.84 Å². The van der Waals surface area contributed by atoms with E-state index in [1.165, 1.54) is 0 Å². The topological polar surface area (TPSA) is 29.5 Å². The molecule has 1 atom stereocenters. The monoisotopic (exact) mass is 190 g/mol. The van der Waals surface area contributed by atoms with Crippen molar-refractivity contribution in [3.8, 4) is 0 Å². The molecule has 0 aliphatic carbocycles. The predicted octanol–water partition coefficient (Wildman–Crippen LogP) is 2.85. The Kier molecular flexibility index (Phi) is 2.55. The first kappa shape index (κ1) is 9.28. The fraction of sp³-hybridized carbons (Fsp3) is 0.333. The number of benzene rings is 1. The summed E-state index contributed by atoms with van der Waals surface area (Å²) in [6, 6.07) is 7.74. The molecule has 0 spiro atoms. The van der Waals surface area contributed by atoms with E-state index in [1.807, 2.05) is 30.3 Å². The molecule has 0 aromatic heterocycles. The molecule has 1 heterocycles. The zero-order chi connectivity index (χ0) is 9.97.